The molecular formula is C20H19N3O3. The van der Waals surface area contributed by atoms with E-state index < -0.39 is 0 Å². The molecule has 2 heterocycles. The molecule has 3 amide bonds. The zero-order valence-electron chi connectivity index (χ0n) is 14.2. The Balaban J connectivity index is 1.32. The molecule has 0 fully saturated rings. The van der Waals surface area contributed by atoms with E-state index in [4.69, 9.17) is 4.42 Å². The lowest BCUT2D eigenvalue weighted by Gasteiger charge is -2.17. The van der Waals surface area contributed by atoms with Gasteiger partial charge in [0.15, 0.2) is 0 Å². The minimum Gasteiger partial charge on any atom is -0.461 e. The number of anilines is 1. The van der Waals surface area contributed by atoms with Crippen LogP contribution in [0.5, 0.6) is 0 Å². The fraction of sp³-hybridized carbons (Fsp3) is 0.200. The minimum atomic E-state index is -0.308. The van der Waals surface area contributed by atoms with E-state index in [1.807, 2.05) is 42.5 Å². The van der Waals surface area contributed by atoms with Crippen LogP contribution in [0.1, 0.15) is 21.7 Å². The molecule has 1 aliphatic rings. The van der Waals surface area contributed by atoms with Crippen LogP contribution in [0.2, 0.25) is 0 Å². The number of para-hydroxylation sites is 1. The quantitative estimate of drug-likeness (QED) is 0.677. The van der Waals surface area contributed by atoms with Gasteiger partial charge in [-0.1, -0.05) is 24.3 Å². The lowest BCUT2D eigenvalue weighted by Crippen LogP contribution is -2.33. The summed E-state index contributed by atoms with van der Waals surface area (Å²) in [5, 5.41) is 9.43. The van der Waals surface area contributed by atoms with Gasteiger partial charge in [0, 0.05) is 36.1 Å². The molecule has 0 saturated heterocycles. The van der Waals surface area contributed by atoms with Gasteiger partial charge < -0.3 is 20.4 Å². The number of rotatable bonds is 4. The molecule has 0 unspecified atom stereocenters. The minimum absolute atomic E-state index is 0.0970. The van der Waals surface area contributed by atoms with Crippen LogP contribution < -0.4 is 16.0 Å². The summed E-state index contributed by atoms with van der Waals surface area (Å²) in [5.41, 5.74) is 3.07. The molecule has 0 bridgehead atoms. The monoisotopic (exact) mass is 349 g/mol. The molecule has 132 valence electrons. The van der Waals surface area contributed by atoms with Crippen LogP contribution in [0.4, 0.5) is 10.5 Å². The van der Waals surface area contributed by atoms with Crippen LogP contribution in [0.3, 0.4) is 0 Å². The highest BCUT2D eigenvalue weighted by atomic mass is 16.3. The molecule has 2 aromatic carbocycles. The van der Waals surface area contributed by atoms with Crippen molar-refractivity contribution in [3.05, 3.63) is 65.4 Å². The normalized spacial score (nSPS) is 13.2. The van der Waals surface area contributed by atoms with Gasteiger partial charge in [-0.15, -0.1) is 0 Å². The number of hydrogen-bond donors (Lipinski definition) is 3. The summed E-state index contributed by atoms with van der Waals surface area (Å²) in [6.07, 6.45) is 1.42. The van der Waals surface area contributed by atoms with Crippen molar-refractivity contribution in [1.82, 2.24) is 10.6 Å². The van der Waals surface area contributed by atoms with Crippen molar-refractivity contribution < 1.29 is 14.0 Å². The van der Waals surface area contributed by atoms with Crippen molar-refractivity contribution in [3.63, 3.8) is 0 Å². The van der Waals surface area contributed by atoms with Crippen molar-refractivity contribution in [2.45, 2.75) is 12.8 Å². The van der Waals surface area contributed by atoms with Gasteiger partial charge in [-0.3, -0.25) is 4.79 Å². The Morgan fingerprint density at radius 3 is 2.92 bits per heavy atom. The van der Waals surface area contributed by atoms with E-state index in [0.717, 1.165) is 28.7 Å². The van der Waals surface area contributed by atoms with E-state index >= 15 is 0 Å². The summed E-state index contributed by atoms with van der Waals surface area (Å²) >= 11 is 0. The second-order valence-corrected chi connectivity index (χ2v) is 6.26. The Hall–Kier alpha value is -3.28. The molecule has 3 N–H and O–H groups in total. The molecule has 6 nitrogen and oxygen atoms in total. The predicted molar refractivity (Wildman–Crippen MR) is 99.4 cm³/mol. The molecule has 0 aliphatic carbocycles. The largest absolute Gasteiger partial charge is 0.461 e. The van der Waals surface area contributed by atoms with Crippen LogP contribution in [0, 0.1) is 0 Å². The first-order chi connectivity index (χ1) is 12.7. The maximum atomic E-state index is 12.1. The number of carbonyl (C=O) groups is 2. The fourth-order valence-electron chi connectivity index (χ4n) is 3.12. The summed E-state index contributed by atoms with van der Waals surface area (Å²) in [4.78, 5) is 23.9. The van der Waals surface area contributed by atoms with Gasteiger partial charge in [0.25, 0.3) is 5.91 Å². The third-order valence-electron chi connectivity index (χ3n) is 4.43. The predicted octanol–water partition coefficient (Wildman–Crippen LogP) is 3.08. The summed E-state index contributed by atoms with van der Waals surface area (Å²) < 4.78 is 5.73. The molecule has 26 heavy (non-hydrogen) atoms. The molecule has 3 aromatic rings. The second-order valence-electron chi connectivity index (χ2n) is 6.26. The van der Waals surface area contributed by atoms with Gasteiger partial charge in [0.05, 0.1) is 0 Å². The van der Waals surface area contributed by atoms with E-state index in [-0.39, 0.29) is 11.9 Å². The number of fused-ring (bicyclic) bond motifs is 2. The van der Waals surface area contributed by atoms with Gasteiger partial charge in [-0.05, 0) is 36.2 Å². The second kappa shape index (κ2) is 6.92. The Morgan fingerprint density at radius 2 is 2.04 bits per heavy atom. The van der Waals surface area contributed by atoms with E-state index in [1.165, 1.54) is 0 Å². The third kappa shape index (κ3) is 3.39. The smallest absolute Gasteiger partial charge is 0.319 e. The molecule has 0 saturated carbocycles. The van der Waals surface area contributed by atoms with Crippen molar-refractivity contribution in [1.29, 1.82) is 0 Å². The first kappa shape index (κ1) is 16.2. The van der Waals surface area contributed by atoms with Crippen LogP contribution in [0.25, 0.3) is 11.0 Å². The molecule has 0 atom stereocenters. The van der Waals surface area contributed by atoms with Crippen LogP contribution in [-0.4, -0.2) is 25.0 Å². The summed E-state index contributed by atoms with van der Waals surface area (Å²) in [7, 11) is 0. The maximum Gasteiger partial charge on any atom is 0.319 e. The van der Waals surface area contributed by atoms with Crippen molar-refractivity contribution >= 4 is 28.6 Å². The molecule has 1 aromatic heterocycles. The molecule has 0 spiro atoms. The van der Waals surface area contributed by atoms with E-state index in [1.54, 1.807) is 6.07 Å². The summed E-state index contributed by atoms with van der Waals surface area (Å²) in [6.45, 7) is 1.11. The van der Waals surface area contributed by atoms with Crippen LogP contribution in [-0.2, 0) is 12.8 Å². The third-order valence-corrected chi connectivity index (χ3v) is 4.43. The number of carbonyl (C=O) groups excluding carboxylic acids is 2. The highest BCUT2D eigenvalue weighted by molar-refractivity contribution is 5.99. The first-order valence-corrected chi connectivity index (χ1v) is 8.62. The number of furan rings is 1. The summed E-state index contributed by atoms with van der Waals surface area (Å²) in [5.74, 6) is 0.733. The van der Waals surface area contributed by atoms with Gasteiger partial charge in [0.1, 0.15) is 11.3 Å². The molecular weight excluding hydrogens is 330 g/mol. The Morgan fingerprint density at radius 1 is 1.15 bits per heavy atom. The molecule has 4 rings (SSSR count). The average Bonchev–Trinajstić information content (AvgIpc) is 3.05. The topological polar surface area (TPSA) is 83.4 Å². The average molecular weight is 349 g/mol. The first-order valence-electron chi connectivity index (χ1n) is 8.62. The summed E-state index contributed by atoms with van der Waals surface area (Å²) in [6, 6.07) is 14.9. The van der Waals surface area contributed by atoms with Crippen molar-refractivity contribution in [2.24, 2.45) is 0 Å². The van der Waals surface area contributed by atoms with Gasteiger partial charge in [-0.25, -0.2) is 4.79 Å². The maximum absolute atomic E-state index is 12.1. The van der Waals surface area contributed by atoms with E-state index in [0.29, 0.717) is 30.8 Å². The molecule has 6 heteroatoms. The van der Waals surface area contributed by atoms with Gasteiger partial charge >= 0.3 is 6.03 Å². The highest BCUT2D eigenvalue weighted by Gasteiger charge is 2.17. The Labute approximate surface area is 150 Å². The molecule has 0 radical (unpaired) electrons. The van der Waals surface area contributed by atoms with Crippen LogP contribution >= 0.6 is 0 Å². The Kier molecular flexibility index (Phi) is 4.31. The SMILES string of the molecule is O=C(NCCc1cc2ccccc2o1)Nc1ccc2c(c1)C(=O)NCC2. The zero-order chi connectivity index (χ0) is 17.9. The van der Waals surface area contributed by atoms with Crippen LogP contribution in [0.15, 0.2) is 52.9 Å². The van der Waals surface area contributed by atoms with Crippen molar-refractivity contribution in [3.8, 4) is 0 Å². The van der Waals surface area contributed by atoms with E-state index in [9.17, 15) is 9.59 Å². The molecule has 1 aliphatic heterocycles. The fourth-order valence-corrected chi connectivity index (χ4v) is 3.12. The van der Waals surface area contributed by atoms with E-state index in [2.05, 4.69) is 16.0 Å². The Bertz CT molecular complexity index is 944. The lowest BCUT2D eigenvalue weighted by molar-refractivity contribution is 0.0946. The number of amides is 3. The number of nitrogens with one attached hydrogen (secondary N) is 3. The van der Waals surface area contributed by atoms with Gasteiger partial charge in [-0.2, -0.15) is 0 Å². The zero-order valence-corrected chi connectivity index (χ0v) is 14.2. The standard InChI is InChI=1S/C20H19N3O3/c24-19-17-12-15(6-5-13(17)7-9-21-19)23-20(25)22-10-8-16-11-14-3-1-2-4-18(14)26-16/h1-6,11-12H,7-10H2,(H,21,24)(H2,22,23,25). The lowest BCUT2D eigenvalue weighted by atomic mass is 10.00. The van der Waals surface area contributed by atoms with Crippen molar-refractivity contribution in [2.75, 3.05) is 18.4 Å². The number of urea groups is 1. The number of benzene rings is 2. The highest BCUT2D eigenvalue weighted by Crippen LogP contribution is 2.20. The van der Waals surface area contributed by atoms with Gasteiger partial charge in [0.2, 0.25) is 0 Å². The number of hydrogen-bond acceptors (Lipinski definition) is 3.